The van der Waals surface area contributed by atoms with Crippen molar-refractivity contribution in [3.05, 3.63) is 69.5 Å². The molecule has 0 radical (unpaired) electrons. The Morgan fingerprint density at radius 1 is 1.25 bits per heavy atom. The Labute approximate surface area is 186 Å². The van der Waals surface area contributed by atoms with Gasteiger partial charge in [0.1, 0.15) is 35.4 Å². The third-order valence-corrected chi connectivity index (χ3v) is 6.81. The third-order valence-electron chi connectivity index (χ3n) is 5.64. The Morgan fingerprint density at radius 2 is 2.09 bits per heavy atom. The molecule has 0 aliphatic carbocycles. The van der Waals surface area contributed by atoms with Gasteiger partial charge in [-0.05, 0) is 35.9 Å². The summed E-state index contributed by atoms with van der Waals surface area (Å²) in [6.07, 6.45) is -4.08. The second kappa shape index (κ2) is 7.86. The molecule has 32 heavy (non-hydrogen) atoms. The zero-order valence-corrected chi connectivity index (χ0v) is 18.0. The van der Waals surface area contributed by atoms with Crippen molar-refractivity contribution in [1.82, 2.24) is 5.32 Å². The van der Waals surface area contributed by atoms with E-state index in [1.807, 2.05) is 0 Å². The topological polar surface area (TPSA) is 67.9 Å². The van der Waals surface area contributed by atoms with Crippen LogP contribution in [0, 0.1) is 0 Å². The minimum Gasteiger partial charge on any atom is -0.486 e. The third kappa shape index (κ3) is 3.95. The van der Waals surface area contributed by atoms with Gasteiger partial charge in [-0.25, -0.2) is 0 Å². The zero-order valence-electron chi connectivity index (χ0n) is 17.1. The molecule has 0 saturated carbocycles. The molecule has 1 amide bonds. The highest BCUT2D eigenvalue weighted by atomic mass is 32.1. The summed E-state index contributed by atoms with van der Waals surface area (Å²) in [5.74, 6) is 0.914. The van der Waals surface area contributed by atoms with Crippen LogP contribution in [-0.4, -0.2) is 19.5 Å². The standard InChI is InChI=1S/C22H20F3N3O3S/c1-28-8-7-15-17(10-28)32-21-18(15)20(29)26-19(27-21)16-6-5-14(31-16)11-30-13-4-2-3-12(9-13)22(23,24)25/h2-6,9,19,27H,7-8,10-11H2,1H3,(H,26,29)/p+1. The van der Waals surface area contributed by atoms with E-state index in [-0.39, 0.29) is 18.3 Å². The van der Waals surface area contributed by atoms with E-state index < -0.39 is 17.9 Å². The van der Waals surface area contributed by atoms with Crippen LogP contribution in [0.2, 0.25) is 0 Å². The van der Waals surface area contributed by atoms with E-state index in [2.05, 4.69) is 17.7 Å². The van der Waals surface area contributed by atoms with E-state index in [0.717, 1.165) is 47.8 Å². The minimum atomic E-state index is -4.43. The lowest BCUT2D eigenvalue weighted by Gasteiger charge is -2.25. The smallest absolute Gasteiger partial charge is 0.416 e. The lowest BCUT2D eigenvalue weighted by molar-refractivity contribution is -0.895. The van der Waals surface area contributed by atoms with Gasteiger partial charge in [0.15, 0.2) is 6.17 Å². The molecule has 0 saturated heterocycles. The Balaban J connectivity index is 1.28. The number of hydrogen-bond acceptors (Lipinski definition) is 5. The van der Waals surface area contributed by atoms with Crippen LogP contribution in [0.5, 0.6) is 5.75 Å². The average molecular weight is 464 g/mol. The summed E-state index contributed by atoms with van der Waals surface area (Å²) in [4.78, 5) is 15.5. The van der Waals surface area contributed by atoms with Crippen LogP contribution in [-0.2, 0) is 25.7 Å². The van der Waals surface area contributed by atoms with Crippen molar-refractivity contribution in [2.24, 2.45) is 0 Å². The maximum absolute atomic E-state index is 12.9. The van der Waals surface area contributed by atoms with E-state index in [4.69, 9.17) is 9.15 Å². The molecule has 3 aromatic rings. The Morgan fingerprint density at radius 3 is 2.91 bits per heavy atom. The summed E-state index contributed by atoms with van der Waals surface area (Å²) in [6, 6.07) is 8.10. The highest BCUT2D eigenvalue weighted by molar-refractivity contribution is 7.16. The number of fused-ring (bicyclic) bond motifs is 3. The van der Waals surface area contributed by atoms with Gasteiger partial charge in [0.2, 0.25) is 0 Å². The van der Waals surface area contributed by atoms with Gasteiger partial charge < -0.3 is 24.7 Å². The molecule has 0 spiro atoms. The first-order valence-corrected chi connectivity index (χ1v) is 11.0. The minimum absolute atomic E-state index is 0.0321. The summed E-state index contributed by atoms with van der Waals surface area (Å²) < 4.78 is 49.8. The molecular formula is C22H21F3N3O3S+. The molecule has 2 aliphatic rings. The average Bonchev–Trinajstić information content (AvgIpc) is 3.36. The summed E-state index contributed by atoms with van der Waals surface area (Å²) >= 11 is 1.61. The Bertz CT molecular complexity index is 1170. The number of carbonyl (C=O) groups is 1. The summed E-state index contributed by atoms with van der Waals surface area (Å²) in [6.45, 7) is 1.88. The van der Waals surface area contributed by atoms with Crippen LogP contribution in [0.1, 0.15) is 44.0 Å². The number of halogens is 3. The van der Waals surface area contributed by atoms with Crippen LogP contribution in [0.25, 0.3) is 0 Å². The van der Waals surface area contributed by atoms with Gasteiger partial charge in [-0.15, -0.1) is 11.3 Å². The van der Waals surface area contributed by atoms with Crippen LogP contribution < -0.4 is 20.3 Å². The van der Waals surface area contributed by atoms with Crippen LogP contribution >= 0.6 is 11.3 Å². The number of ether oxygens (including phenoxy) is 1. The molecule has 3 N–H and O–H groups in total. The molecule has 2 aromatic heterocycles. The highest BCUT2D eigenvalue weighted by Gasteiger charge is 2.35. The van der Waals surface area contributed by atoms with Crippen molar-refractivity contribution in [1.29, 1.82) is 0 Å². The number of thiophene rings is 1. The van der Waals surface area contributed by atoms with E-state index >= 15 is 0 Å². The first-order chi connectivity index (χ1) is 15.3. The number of furan rings is 1. The van der Waals surface area contributed by atoms with Crippen LogP contribution in [0.3, 0.4) is 0 Å². The van der Waals surface area contributed by atoms with Crippen molar-refractivity contribution in [2.45, 2.75) is 31.9 Å². The van der Waals surface area contributed by atoms with Gasteiger partial charge in [-0.3, -0.25) is 4.79 Å². The van der Waals surface area contributed by atoms with Crippen molar-refractivity contribution >= 4 is 22.2 Å². The molecule has 2 atom stereocenters. The van der Waals surface area contributed by atoms with Crippen molar-refractivity contribution in [2.75, 3.05) is 18.9 Å². The SMILES string of the molecule is C[NH+]1CCc2c(sc3c2C(=O)NC(c2ccc(COc4cccc(C(F)(F)F)c4)o2)N3)C1. The van der Waals surface area contributed by atoms with E-state index in [9.17, 15) is 18.0 Å². The van der Waals surface area contributed by atoms with Gasteiger partial charge in [-0.1, -0.05) is 6.07 Å². The normalized spacial score (nSPS) is 20.2. The lowest BCUT2D eigenvalue weighted by Crippen LogP contribution is -3.08. The fourth-order valence-electron chi connectivity index (χ4n) is 4.02. The molecule has 0 fully saturated rings. The number of likely N-dealkylation sites (N-methyl/N-ethyl adjacent to an activating group) is 1. The van der Waals surface area contributed by atoms with Gasteiger partial charge in [0.25, 0.3) is 5.91 Å². The Kier molecular flexibility index (Phi) is 5.13. The number of alkyl halides is 3. The van der Waals surface area contributed by atoms with E-state index in [1.165, 1.54) is 21.9 Å². The molecule has 10 heteroatoms. The van der Waals surface area contributed by atoms with E-state index in [0.29, 0.717) is 11.5 Å². The number of rotatable bonds is 4. The number of nitrogens with one attached hydrogen (secondary N) is 3. The second-order valence-electron chi connectivity index (χ2n) is 8.01. The fourth-order valence-corrected chi connectivity index (χ4v) is 5.41. The number of quaternary nitrogens is 1. The van der Waals surface area contributed by atoms with Crippen molar-refractivity contribution in [3.63, 3.8) is 0 Å². The lowest BCUT2D eigenvalue weighted by atomic mass is 10.0. The molecule has 5 rings (SSSR count). The molecule has 6 nitrogen and oxygen atoms in total. The summed E-state index contributed by atoms with van der Waals surface area (Å²) in [5, 5.41) is 7.13. The van der Waals surface area contributed by atoms with Gasteiger partial charge >= 0.3 is 6.18 Å². The molecule has 2 aliphatic heterocycles. The van der Waals surface area contributed by atoms with Crippen molar-refractivity contribution in [3.8, 4) is 5.75 Å². The van der Waals surface area contributed by atoms with Crippen LogP contribution in [0.15, 0.2) is 40.8 Å². The van der Waals surface area contributed by atoms with Crippen molar-refractivity contribution < 1.29 is 32.0 Å². The molecule has 1 aromatic carbocycles. The number of anilines is 1. The second-order valence-corrected chi connectivity index (χ2v) is 9.12. The Hall–Kier alpha value is -2.98. The zero-order chi connectivity index (χ0) is 22.5. The maximum atomic E-state index is 12.9. The number of carbonyl (C=O) groups excluding carboxylic acids is 1. The fraction of sp³-hybridized carbons (Fsp3) is 0.318. The number of benzene rings is 1. The predicted molar refractivity (Wildman–Crippen MR) is 112 cm³/mol. The van der Waals surface area contributed by atoms with Gasteiger partial charge in [0, 0.05) is 6.42 Å². The first kappa shape index (κ1) is 20.9. The largest absolute Gasteiger partial charge is 0.486 e. The quantitative estimate of drug-likeness (QED) is 0.554. The highest BCUT2D eigenvalue weighted by Crippen LogP contribution is 2.39. The molecule has 168 valence electrons. The summed E-state index contributed by atoms with van der Waals surface area (Å²) in [5.41, 5.74) is 1.09. The van der Waals surface area contributed by atoms with E-state index in [1.54, 1.807) is 23.5 Å². The van der Waals surface area contributed by atoms with Gasteiger partial charge in [0.05, 0.1) is 29.6 Å². The molecule has 4 heterocycles. The molecule has 2 unspecified atom stereocenters. The van der Waals surface area contributed by atoms with Crippen LogP contribution in [0.4, 0.5) is 18.2 Å². The summed E-state index contributed by atoms with van der Waals surface area (Å²) in [7, 11) is 2.14. The maximum Gasteiger partial charge on any atom is 0.416 e. The molecular weight excluding hydrogens is 443 g/mol. The van der Waals surface area contributed by atoms with Gasteiger partial charge in [-0.2, -0.15) is 13.2 Å². The molecule has 0 bridgehead atoms. The number of amides is 1. The predicted octanol–water partition coefficient (Wildman–Crippen LogP) is 3.36. The first-order valence-electron chi connectivity index (χ1n) is 10.2. The number of hydrogen-bond donors (Lipinski definition) is 3. The monoisotopic (exact) mass is 464 g/mol.